The summed E-state index contributed by atoms with van der Waals surface area (Å²) in [7, 11) is 2.00. The van der Waals surface area contributed by atoms with Crippen LogP contribution in [0.2, 0.25) is 0 Å². The summed E-state index contributed by atoms with van der Waals surface area (Å²) < 4.78 is 21.3. The Bertz CT molecular complexity index is 591. The Morgan fingerprint density at radius 2 is 2.16 bits per heavy atom. The largest absolute Gasteiger partial charge is 0.454 e. The van der Waals surface area contributed by atoms with Crippen molar-refractivity contribution < 1.29 is 23.7 Å². The third-order valence-electron chi connectivity index (χ3n) is 4.54. The van der Waals surface area contributed by atoms with Crippen molar-refractivity contribution in [3.63, 3.8) is 0 Å². The summed E-state index contributed by atoms with van der Waals surface area (Å²) in [5.41, 5.74) is 1.19. The second-order valence-corrected chi connectivity index (χ2v) is 6.54. The molecule has 1 saturated heterocycles. The molecule has 7 nitrogen and oxygen atoms in total. The Hall–Kier alpha value is -1.83. The van der Waals surface area contributed by atoms with Crippen molar-refractivity contribution in [1.29, 1.82) is 0 Å². The molecule has 7 heteroatoms. The summed E-state index contributed by atoms with van der Waals surface area (Å²) in [6.45, 7) is 4.66. The van der Waals surface area contributed by atoms with Gasteiger partial charge < -0.3 is 24.3 Å². The first-order valence-corrected chi connectivity index (χ1v) is 8.66. The van der Waals surface area contributed by atoms with E-state index in [-0.39, 0.29) is 24.8 Å². The number of benzene rings is 1. The van der Waals surface area contributed by atoms with E-state index in [0.717, 1.165) is 17.9 Å². The number of carbonyl (C=O) groups excluding carboxylic acids is 1. The highest BCUT2D eigenvalue weighted by Crippen LogP contribution is 2.32. The van der Waals surface area contributed by atoms with E-state index in [9.17, 15) is 4.79 Å². The average Bonchev–Trinajstić information content (AvgIpc) is 3.02. The standard InChI is InChI=1S/C18H26N2O5/c1-13(7-14-3-4-16-17(8-14)25-12-24-16)20(2)11-19-18(21)5-6-23-15-9-22-10-15/h3-4,8,13,15H,5-7,9-12H2,1-2H3,(H,19,21). The number of hydrogen-bond acceptors (Lipinski definition) is 6. The molecule has 2 heterocycles. The summed E-state index contributed by atoms with van der Waals surface area (Å²) in [6.07, 6.45) is 1.41. The molecule has 0 bridgehead atoms. The number of ether oxygens (including phenoxy) is 4. The zero-order valence-electron chi connectivity index (χ0n) is 14.8. The van der Waals surface area contributed by atoms with Crippen LogP contribution in [-0.2, 0) is 20.7 Å². The predicted octanol–water partition coefficient (Wildman–Crippen LogP) is 1.16. The molecule has 0 aromatic heterocycles. The van der Waals surface area contributed by atoms with Gasteiger partial charge in [-0.25, -0.2) is 0 Å². The number of rotatable bonds is 9. The molecule has 1 unspecified atom stereocenters. The van der Waals surface area contributed by atoms with E-state index < -0.39 is 0 Å². The van der Waals surface area contributed by atoms with Crippen molar-refractivity contribution in [3.8, 4) is 11.5 Å². The topological polar surface area (TPSA) is 69.3 Å². The third-order valence-corrected chi connectivity index (χ3v) is 4.54. The number of carbonyl (C=O) groups is 1. The number of nitrogens with zero attached hydrogens (tertiary/aromatic N) is 1. The molecule has 0 radical (unpaired) electrons. The lowest BCUT2D eigenvalue weighted by Gasteiger charge is -2.26. The summed E-state index contributed by atoms with van der Waals surface area (Å²) >= 11 is 0. The summed E-state index contributed by atoms with van der Waals surface area (Å²) in [6, 6.07) is 6.30. The van der Waals surface area contributed by atoms with E-state index in [2.05, 4.69) is 23.2 Å². The molecule has 2 aliphatic heterocycles. The van der Waals surface area contributed by atoms with Crippen LogP contribution in [0.4, 0.5) is 0 Å². The average molecular weight is 350 g/mol. The van der Waals surface area contributed by atoms with Gasteiger partial charge in [-0.1, -0.05) is 6.07 Å². The molecule has 1 amide bonds. The Balaban J connectivity index is 1.35. The number of fused-ring (bicyclic) bond motifs is 1. The molecule has 1 fully saturated rings. The molecular formula is C18H26N2O5. The Labute approximate surface area is 148 Å². The molecule has 0 aliphatic carbocycles. The van der Waals surface area contributed by atoms with Gasteiger partial charge in [-0.3, -0.25) is 9.69 Å². The first kappa shape index (κ1) is 18.0. The van der Waals surface area contributed by atoms with Crippen LogP contribution in [0.15, 0.2) is 18.2 Å². The minimum absolute atomic E-state index is 0.00220. The van der Waals surface area contributed by atoms with Crippen LogP contribution in [0, 0.1) is 0 Å². The van der Waals surface area contributed by atoms with Crippen molar-refractivity contribution in [2.75, 3.05) is 40.3 Å². The minimum Gasteiger partial charge on any atom is -0.454 e. The first-order chi connectivity index (χ1) is 12.1. The lowest BCUT2D eigenvalue weighted by atomic mass is 10.1. The zero-order chi connectivity index (χ0) is 17.6. The molecule has 0 saturated carbocycles. The smallest absolute Gasteiger partial charge is 0.231 e. The summed E-state index contributed by atoms with van der Waals surface area (Å²) in [4.78, 5) is 14.0. The van der Waals surface area contributed by atoms with Gasteiger partial charge >= 0.3 is 0 Å². The molecule has 1 N–H and O–H groups in total. The van der Waals surface area contributed by atoms with Crippen LogP contribution >= 0.6 is 0 Å². The van der Waals surface area contributed by atoms with Crippen LogP contribution in [-0.4, -0.2) is 63.3 Å². The SMILES string of the molecule is CC(Cc1ccc2c(c1)OCO2)N(C)CNC(=O)CCOC1COC1. The zero-order valence-corrected chi connectivity index (χ0v) is 14.8. The fourth-order valence-electron chi connectivity index (χ4n) is 2.65. The maximum atomic E-state index is 11.9. The summed E-state index contributed by atoms with van der Waals surface area (Å²) in [5, 5.41) is 2.93. The monoisotopic (exact) mass is 350 g/mol. The van der Waals surface area contributed by atoms with Crippen LogP contribution in [0.5, 0.6) is 11.5 Å². The van der Waals surface area contributed by atoms with Crippen molar-refractivity contribution in [1.82, 2.24) is 10.2 Å². The molecule has 1 aromatic carbocycles. The van der Waals surface area contributed by atoms with E-state index >= 15 is 0 Å². The van der Waals surface area contributed by atoms with Crippen LogP contribution < -0.4 is 14.8 Å². The van der Waals surface area contributed by atoms with Crippen molar-refractivity contribution in [2.24, 2.45) is 0 Å². The predicted molar refractivity (Wildman–Crippen MR) is 91.7 cm³/mol. The molecule has 1 aromatic rings. The van der Waals surface area contributed by atoms with Gasteiger partial charge in [0.2, 0.25) is 12.7 Å². The van der Waals surface area contributed by atoms with Gasteiger partial charge in [-0.2, -0.15) is 0 Å². The fraction of sp³-hybridized carbons (Fsp3) is 0.611. The second-order valence-electron chi connectivity index (χ2n) is 6.54. The van der Waals surface area contributed by atoms with E-state index in [0.29, 0.717) is 32.9 Å². The maximum Gasteiger partial charge on any atom is 0.231 e. The molecule has 1 atom stereocenters. The van der Waals surface area contributed by atoms with Gasteiger partial charge in [0.15, 0.2) is 11.5 Å². The number of likely N-dealkylation sites (N-methyl/N-ethyl adjacent to an activating group) is 1. The third kappa shape index (κ3) is 5.07. The Morgan fingerprint density at radius 1 is 1.36 bits per heavy atom. The van der Waals surface area contributed by atoms with Gasteiger partial charge in [0.05, 0.1) is 32.9 Å². The number of hydrogen-bond donors (Lipinski definition) is 1. The van der Waals surface area contributed by atoms with Crippen molar-refractivity contribution >= 4 is 5.91 Å². The van der Waals surface area contributed by atoms with Crippen LogP contribution in [0.3, 0.4) is 0 Å². The maximum absolute atomic E-state index is 11.9. The van der Waals surface area contributed by atoms with Crippen molar-refractivity contribution in [3.05, 3.63) is 23.8 Å². The lowest BCUT2D eigenvalue weighted by Crippen LogP contribution is -2.41. The highest BCUT2D eigenvalue weighted by molar-refractivity contribution is 5.75. The van der Waals surface area contributed by atoms with E-state index in [4.69, 9.17) is 18.9 Å². The van der Waals surface area contributed by atoms with E-state index in [1.54, 1.807) is 0 Å². The normalized spacial score (nSPS) is 17.4. The van der Waals surface area contributed by atoms with Crippen molar-refractivity contribution in [2.45, 2.75) is 31.9 Å². The molecule has 0 spiro atoms. The highest BCUT2D eigenvalue weighted by Gasteiger charge is 2.19. The molecule has 2 aliphatic rings. The Morgan fingerprint density at radius 3 is 2.92 bits per heavy atom. The highest BCUT2D eigenvalue weighted by atomic mass is 16.7. The molecule has 3 rings (SSSR count). The van der Waals surface area contributed by atoms with Crippen LogP contribution in [0.25, 0.3) is 0 Å². The van der Waals surface area contributed by atoms with Gasteiger partial charge in [0.1, 0.15) is 6.10 Å². The Kier molecular flexibility index (Phi) is 6.12. The fourth-order valence-corrected chi connectivity index (χ4v) is 2.65. The molecular weight excluding hydrogens is 324 g/mol. The van der Waals surface area contributed by atoms with E-state index in [1.165, 1.54) is 5.56 Å². The minimum atomic E-state index is 0.00220. The first-order valence-electron chi connectivity index (χ1n) is 8.66. The van der Waals surface area contributed by atoms with Gasteiger partial charge in [0.25, 0.3) is 0 Å². The van der Waals surface area contributed by atoms with Crippen LogP contribution in [0.1, 0.15) is 18.9 Å². The number of nitrogens with one attached hydrogen (secondary N) is 1. The molecule has 25 heavy (non-hydrogen) atoms. The summed E-state index contributed by atoms with van der Waals surface area (Å²) in [5.74, 6) is 1.60. The van der Waals surface area contributed by atoms with E-state index in [1.807, 2.05) is 19.2 Å². The number of amides is 1. The second kappa shape index (κ2) is 8.51. The van der Waals surface area contributed by atoms with Gasteiger partial charge in [-0.15, -0.1) is 0 Å². The van der Waals surface area contributed by atoms with Gasteiger partial charge in [0, 0.05) is 6.04 Å². The van der Waals surface area contributed by atoms with Gasteiger partial charge in [-0.05, 0) is 38.1 Å². The molecule has 138 valence electrons. The lowest BCUT2D eigenvalue weighted by molar-refractivity contribution is -0.137. The quantitative estimate of drug-likeness (QED) is 0.674.